The van der Waals surface area contributed by atoms with Gasteiger partial charge in [-0.05, 0) is 34.1 Å². The molecule has 3 rings (SSSR count). The standard InChI is InChI=1S/C15H25NO7/c1-14(2)20-8-9(21-14)11-13(23-15(3,4)22-11)19-10(8)12(18)16-6-5-7-17/h8-11,13,17H,5-7H2,1-4H3,(H,16,18)/t8-,9+,10-,11-,13+/m1/s1. The lowest BCUT2D eigenvalue weighted by atomic mass is 9.98. The van der Waals surface area contributed by atoms with Crippen LogP contribution in [0.1, 0.15) is 34.1 Å². The highest BCUT2D eigenvalue weighted by Gasteiger charge is 2.62. The molecule has 8 heteroatoms. The Labute approximate surface area is 135 Å². The topological polar surface area (TPSA) is 95.5 Å². The third-order valence-electron chi connectivity index (χ3n) is 4.05. The monoisotopic (exact) mass is 331 g/mol. The van der Waals surface area contributed by atoms with Crippen LogP contribution in [0.5, 0.6) is 0 Å². The quantitative estimate of drug-likeness (QED) is 0.694. The molecule has 3 saturated heterocycles. The SMILES string of the molecule is CC1(C)O[C@H]2[C@@H](O1)[C@H](C(=O)NCCCO)O[C@H]1OC(C)(C)O[C@@H]12. The zero-order valence-electron chi connectivity index (χ0n) is 13.9. The molecule has 0 aromatic heterocycles. The fraction of sp³-hybridized carbons (Fsp3) is 0.933. The summed E-state index contributed by atoms with van der Waals surface area (Å²) in [5.41, 5.74) is 0. The van der Waals surface area contributed by atoms with Gasteiger partial charge in [-0.1, -0.05) is 0 Å². The highest BCUT2D eigenvalue weighted by molar-refractivity contribution is 5.81. The van der Waals surface area contributed by atoms with Crippen LogP contribution in [0.15, 0.2) is 0 Å². The first kappa shape index (κ1) is 17.1. The Hall–Kier alpha value is -0.770. The summed E-state index contributed by atoms with van der Waals surface area (Å²) in [6, 6.07) is 0. The summed E-state index contributed by atoms with van der Waals surface area (Å²) in [5.74, 6) is -1.94. The van der Waals surface area contributed by atoms with Gasteiger partial charge in [0.25, 0.3) is 5.91 Å². The van der Waals surface area contributed by atoms with E-state index in [4.69, 9.17) is 28.8 Å². The third kappa shape index (κ3) is 3.38. The van der Waals surface area contributed by atoms with Crippen molar-refractivity contribution in [1.29, 1.82) is 0 Å². The van der Waals surface area contributed by atoms with Gasteiger partial charge < -0.3 is 34.1 Å². The summed E-state index contributed by atoms with van der Waals surface area (Å²) in [6.07, 6.45) is -2.51. The molecule has 0 saturated carbocycles. The third-order valence-corrected chi connectivity index (χ3v) is 4.05. The molecular weight excluding hydrogens is 306 g/mol. The predicted octanol–water partition coefficient (Wildman–Crippen LogP) is -0.118. The van der Waals surface area contributed by atoms with Gasteiger partial charge in [0.05, 0.1) is 0 Å². The van der Waals surface area contributed by atoms with E-state index in [1.807, 2.05) is 0 Å². The molecule has 0 spiro atoms. The van der Waals surface area contributed by atoms with Crippen molar-refractivity contribution >= 4 is 5.91 Å². The molecule has 3 fully saturated rings. The summed E-state index contributed by atoms with van der Waals surface area (Å²) in [6.45, 7) is 7.56. The molecule has 3 aliphatic heterocycles. The summed E-state index contributed by atoms with van der Waals surface area (Å²) in [5, 5.41) is 11.6. The van der Waals surface area contributed by atoms with Gasteiger partial charge in [-0.3, -0.25) is 4.79 Å². The van der Waals surface area contributed by atoms with E-state index in [0.29, 0.717) is 13.0 Å². The largest absolute Gasteiger partial charge is 0.396 e. The van der Waals surface area contributed by atoms with Crippen molar-refractivity contribution in [3.8, 4) is 0 Å². The first-order valence-electron chi connectivity index (χ1n) is 7.98. The number of carbonyl (C=O) groups is 1. The number of carbonyl (C=O) groups excluding carboxylic acids is 1. The highest BCUT2D eigenvalue weighted by Crippen LogP contribution is 2.44. The van der Waals surface area contributed by atoms with E-state index in [-0.39, 0.29) is 12.5 Å². The predicted molar refractivity (Wildman–Crippen MR) is 77.2 cm³/mol. The molecule has 3 aliphatic rings. The van der Waals surface area contributed by atoms with E-state index in [0.717, 1.165) is 0 Å². The summed E-state index contributed by atoms with van der Waals surface area (Å²) in [4.78, 5) is 12.4. The van der Waals surface area contributed by atoms with Crippen molar-refractivity contribution in [2.75, 3.05) is 13.2 Å². The minimum absolute atomic E-state index is 0.0142. The Morgan fingerprint density at radius 1 is 1.00 bits per heavy atom. The lowest BCUT2D eigenvalue weighted by Crippen LogP contribution is -2.59. The Balaban J connectivity index is 1.77. The highest BCUT2D eigenvalue weighted by atomic mass is 16.9. The van der Waals surface area contributed by atoms with Crippen molar-refractivity contribution in [1.82, 2.24) is 5.32 Å². The second-order valence-corrected chi connectivity index (χ2v) is 6.96. The van der Waals surface area contributed by atoms with Crippen molar-refractivity contribution in [3.63, 3.8) is 0 Å². The molecular formula is C15H25NO7. The van der Waals surface area contributed by atoms with E-state index in [2.05, 4.69) is 5.32 Å². The molecule has 8 nitrogen and oxygen atoms in total. The summed E-state index contributed by atoms with van der Waals surface area (Å²) < 4.78 is 29.2. The average molecular weight is 331 g/mol. The van der Waals surface area contributed by atoms with Crippen LogP contribution < -0.4 is 5.32 Å². The lowest BCUT2D eigenvalue weighted by Gasteiger charge is -2.36. The molecule has 23 heavy (non-hydrogen) atoms. The van der Waals surface area contributed by atoms with E-state index >= 15 is 0 Å². The van der Waals surface area contributed by atoms with Gasteiger partial charge in [0.15, 0.2) is 24.0 Å². The second kappa shape index (κ2) is 5.94. The zero-order chi connectivity index (χ0) is 16.8. The van der Waals surface area contributed by atoms with E-state index in [1.54, 1.807) is 27.7 Å². The maximum absolute atomic E-state index is 12.4. The molecule has 0 bridgehead atoms. The fourth-order valence-corrected chi connectivity index (χ4v) is 3.21. The number of amides is 1. The van der Waals surface area contributed by atoms with Crippen LogP contribution >= 0.6 is 0 Å². The van der Waals surface area contributed by atoms with E-state index in [1.165, 1.54) is 0 Å². The molecule has 132 valence electrons. The van der Waals surface area contributed by atoms with Gasteiger partial charge in [0, 0.05) is 13.2 Å². The van der Waals surface area contributed by atoms with Gasteiger partial charge >= 0.3 is 0 Å². The summed E-state index contributed by atoms with van der Waals surface area (Å²) in [7, 11) is 0. The minimum Gasteiger partial charge on any atom is -0.396 e. The Bertz CT molecular complexity index is 467. The fourth-order valence-electron chi connectivity index (χ4n) is 3.21. The van der Waals surface area contributed by atoms with Crippen molar-refractivity contribution in [2.45, 2.75) is 76.4 Å². The first-order valence-corrected chi connectivity index (χ1v) is 7.98. The molecule has 2 N–H and O–H groups in total. The molecule has 0 aromatic rings. The second-order valence-electron chi connectivity index (χ2n) is 6.96. The van der Waals surface area contributed by atoms with Crippen LogP contribution in [-0.4, -0.2) is 66.4 Å². The number of nitrogens with one attached hydrogen (secondary N) is 1. The lowest BCUT2D eigenvalue weighted by molar-refractivity contribution is -0.231. The van der Waals surface area contributed by atoms with Crippen molar-refractivity contribution in [3.05, 3.63) is 0 Å². The summed E-state index contributed by atoms with van der Waals surface area (Å²) >= 11 is 0. The van der Waals surface area contributed by atoms with E-state index < -0.39 is 42.3 Å². The van der Waals surface area contributed by atoms with Crippen LogP contribution in [0.4, 0.5) is 0 Å². The number of hydrogen-bond acceptors (Lipinski definition) is 7. The van der Waals surface area contributed by atoms with Gasteiger partial charge in [-0.15, -0.1) is 0 Å². The van der Waals surface area contributed by atoms with Crippen LogP contribution in [0.2, 0.25) is 0 Å². The molecule has 0 unspecified atom stereocenters. The van der Waals surface area contributed by atoms with Crippen molar-refractivity contribution in [2.24, 2.45) is 0 Å². The zero-order valence-corrected chi connectivity index (χ0v) is 13.9. The van der Waals surface area contributed by atoms with Crippen LogP contribution in [0.25, 0.3) is 0 Å². The Morgan fingerprint density at radius 2 is 1.61 bits per heavy atom. The number of rotatable bonds is 4. The normalized spacial score (nSPS) is 40.5. The minimum atomic E-state index is -0.848. The number of fused-ring (bicyclic) bond motifs is 3. The molecule has 3 heterocycles. The Morgan fingerprint density at radius 3 is 2.30 bits per heavy atom. The molecule has 0 aliphatic carbocycles. The average Bonchev–Trinajstić information content (AvgIpc) is 2.92. The number of hydrogen-bond donors (Lipinski definition) is 2. The number of ether oxygens (including phenoxy) is 5. The maximum atomic E-state index is 12.4. The van der Waals surface area contributed by atoms with Gasteiger partial charge in [-0.2, -0.15) is 0 Å². The van der Waals surface area contributed by atoms with Gasteiger partial charge in [0.2, 0.25) is 0 Å². The molecule has 0 radical (unpaired) electrons. The van der Waals surface area contributed by atoms with Crippen LogP contribution in [0.3, 0.4) is 0 Å². The van der Waals surface area contributed by atoms with E-state index in [9.17, 15) is 4.79 Å². The smallest absolute Gasteiger partial charge is 0.252 e. The number of aliphatic hydroxyl groups is 1. The molecule has 0 aromatic carbocycles. The first-order chi connectivity index (χ1) is 10.7. The molecule has 1 amide bonds. The maximum Gasteiger partial charge on any atom is 0.252 e. The van der Waals surface area contributed by atoms with Crippen LogP contribution in [-0.2, 0) is 28.5 Å². The van der Waals surface area contributed by atoms with Gasteiger partial charge in [0.1, 0.15) is 18.3 Å². The Kier molecular flexibility index (Phi) is 4.41. The molecule has 5 atom stereocenters. The number of aliphatic hydroxyl groups excluding tert-OH is 1. The van der Waals surface area contributed by atoms with Gasteiger partial charge in [-0.25, -0.2) is 0 Å². The van der Waals surface area contributed by atoms with Crippen LogP contribution in [0, 0.1) is 0 Å². The van der Waals surface area contributed by atoms with Crippen molar-refractivity contribution < 1.29 is 33.6 Å².